The highest BCUT2D eigenvalue weighted by Crippen LogP contribution is 2.39. The molecule has 1 aliphatic rings. The fourth-order valence-electron chi connectivity index (χ4n) is 3.14. The minimum Gasteiger partial charge on any atom is -0.497 e. The van der Waals surface area contributed by atoms with Crippen molar-refractivity contribution in [1.29, 1.82) is 0 Å². The zero-order chi connectivity index (χ0) is 17.1. The van der Waals surface area contributed by atoms with Crippen molar-refractivity contribution in [2.45, 2.75) is 32.7 Å². The van der Waals surface area contributed by atoms with E-state index in [0.29, 0.717) is 18.7 Å². The third-order valence-corrected chi connectivity index (χ3v) is 4.35. The highest BCUT2D eigenvalue weighted by Gasteiger charge is 2.27. The molecule has 2 aromatic rings. The van der Waals surface area contributed by atoms with Crippen molar-refractivity contribution in [2.24, 2.45) is 0 Å². The number of hydrogen-bond acceptors (Lipinski definition) is 4. The summed E-state index contributed by atoms with van der Waals surface area (Å²) in [5, 5.41) is 4.24. The summed E-state index contributed by atoms with van der Waals surface area (Å²) in [5.41, 5.74) is 2.90. The van der Waals surface area contributed by atoms with Crippen LogP contribution in [-0.4, -0.2) is 36.5 Å². The van der Waals surface area contributed by atoms with Gasteiger partial charge in [-0.25, -0.2) is 0 Å². The van der Waals surface area contributed by atoms with Crippen molar-refractivity contribution in [3.63, 3.8) is 0 Å². The van der Waals surface area contributed by atoms with Gasteiger partial charge in [0, 0.05) is 25.4 Å². The van der Waals surface area contributed by atoms with Crippen LogP contribution in [0.25, 0.3) is 0 Å². The molecule has 0 fully saturated rings. The number of benzene rings is 1. The molecule has 0 radical (unpaired) electrons. The number of aromatic nitrogens is 2. The van der Waals surface area contributed by atoms with Gasteiger partial charge in [-0.15, -0.1) is 0 Å². The number of methoxy groups -OCH3 is 2. The molecule has 0 bridgehead atoms. The first-order valence-corrected chi connectivity index (χ1v) is 8.22. The molecule has 0 spiro atoms. The van der Waals surface area contributed by atoms with Gasteiger partial charge in [0.1, 0.15) is 11.5 Å². The van der Waals surface area contributed by atoms with Crippen molar-refractivity contribution in [2.75, 3.05) is 25.7 Å². The molecule has 0 aliphatic carbocycles. The number of nitrogens with zero attached hydrogens (tertiary/aromatic N) is 3. The summed E-state index contributed by atoms with van der Waals surface area (Å²) in [4.78, 5) is 14.7. The van der Waals surface area contributed by atoms with Gasteiger partial charge in [-0.1, -0.05) is 0 Å². The zero-order valence-corrected chi connectivity index (χ0v) is 14.4. The summed E-state index contributed by atoms with van der Waals surface area (Å²) in [6, 6.07) is 3.83. The largest absolute Gasteiger partial charge is 0.497 e. The van der Waals surface area contributed by atoms with E-state index in [1.165, 1.54) is 0 Å². The Bertz CT molecular complexity index is 722. The van der Waals surface area contributed by atoms with E-state index in [1.54, 1.807) is 20.4 Å². The van der Waals surface area contributed by atoms with Crippen LogP contribution < -0.4 is 14.4 Å². The predicted molar refractivity (Wildman–Crippen MR) is 91.8 cm³/mol. The Kier molecular flexibility index (Phi) is 4.74. The van der Waals surface area contributed by atoms with E-state index in [4.69, 9.17) is 9.47 Å². The third kappa shape index (κ3) is 3.09. The second-order valence-electron chi connectivity index (χ2n) is 5.87. The lowest BCUT2D eigenvalue weighted by Gasteiger charge is -2.31. The van der Waals surface area contributed by atoms with Crippen molar-refractivity contribution < 1.29 is 14.3 Å². The molecule has 1 aromatic heterocycles. The van der Waals surface area contributed by atoms with Gasteiger partial charge >= 0.3 is 0 Å². The van der Waals surface area contributed by atoms with E-state index in [2.05, 4.69) is 5.10 Å². The lowest BCUT2D eigenvalue weighted by Crippen LogP contribution is -2.36. The lowest BCUT2D eigenvalue weighted by molar-refractivity contribution is -0.118. The van der Waals surface area contributed by atoms with Gasteiger partial charge in [-0.05, 0) is 37.0 Å². The SMILES string of the molecule is CCn1cc(CC(=O)N2CCCc3cc(OC)cc(OC)c32)cn1. The first-order chi connectivity index (χ1) is 11.7. The van der Waals surface area contributed by atoms with Crippen LogP contribution in [0, 0.1) is 0 Å². The van der Waals surface area contributed by atoms with Gasteiger partial charge in [0.25, 0.3) is 0 Å². The molecular weight excluding hydrogens is 306 g/mol. The first kappa shape index (κ1) is 16.4. The maximum Gasteiger partial charge on any atom is 0.231 e. The molecule has 6 heteroatoms. The number of rotatable bonds is 5. The minimum absolute atomic E-state index is 0.0649. The zero-order valence-electron chi connectivity index (χ0n) is 14.4. The normalized spacial score (nSPS) is 13.5. The van der Waals surface area contributed by atoms with Crippen LogP contribution in [0.5, 0.6) is 11.5 Å². The van der Waals surface area contributed by atoms with Crippen LogP contribution in [0.4, 0.5) is 5.69 Å². The summed E-state index contributed by atoms with van der Waals surface area (Å²) >= 11 is 0. The smallest absolute Gasteiger partial charge is 0.231 e. The Balaban J connectivity index is 1.89. The Morgan fingerprint density at radius 2 is 2.12 bits per heavy atom. The maximum atomic E-state index is 12.9. The fraction of sp³-hybridized carbons (Fsp3) is 0.444. The average molecular weight is 329 g/mol. The Labute approximate surface area is 142 Å². The van der Waals surface area contributed by atoms with Crippen LogP contribution in [0.3, 0.4) is 0 Å². The molecule has 0 unspecified atom stereocenters. The molecule has 2 heterocycles. The molecule has 3 rings (SSSR count). The lowest BCUT2D eigenvalue weighted by atomic mass is 9.99. The third-order valence-electron chi connectivity index (χ3n) is 4.35. The summed E-state index contributed by atoms with van der Waals surface area (Å²) in [6.07, 6.45) is 5.88. The van der Waals surface area contributed by atoms with E-state index in [9.17, 15) is 4.79 Å². The number of hydrogen-bond donors (Lipinski definition) is 0. The van der Waals surface area contributed by atoms with E-state index < -0.39 is 0 Å². The van der Waals surface area contributed by atoms with Crippen molar-refractivity contribution in [3.8, 4) is 11.5 Å². The molecule has 0 saturated heterocycles. The molecule has 128 valence electrons. The van der Waals surface area contributed by atoms with Gasteiger partial charge < -0.3 is 14.4 Å². The molecule has 1 aromatic carbocycles. The Hall–Kier alpha value is -2.50. The van der Waals surface area contributed by atoms with Gasteiger partial charge in [0.05, 0.1) is 32.5 Å². The number of aryl methyl sites for hydroxylation is 2. The monoisotopic (exact) mass is 329 g/mol. The molecule has 6 nitrogen and oxygen atoms in total. The van der Waals surface area contributed by atoms with Crippen LogP contribution in [0.2, 0.25) is 0 Å². The molecule has 0 N–H and O–H groups in total. The molecular formula is C18H23N3O3. The number of fused-ring (bicyclic) bond motifs is 1. The summed E-state index contributed by atoms with van der Waals surface area (Å²) in [7, 11) is 3.26. The quantitative estimate of drug-likeness (QED) is 0.845. The van der Waals surface area contributed by atoms with Gasteiger partial charge in [0.2, 0.25) is 5.91 Å². The predicted octanol–water partition coefficient (Wildman–Crippen LogP) is 2.44. The summed E-state index contributed by atoms with van der Waals surface area (Å²) in [5.74, 6) is 1.50. The number of ether oxygens (including phenoxy) is 2. The first-order valence-electron chi connectivity index (χ1n) is 8.22. The van der Waals surface area contributed by atoms with Crippen molar-refractivity contribution in [1.82, 2.24) is 9.78 Å². The van der Waals surface area contributed by atoms with E-state index in [-0.39, 0.29) is 5.91 Å². The van der Waals surface area contributed by atoms with Gasteiger partial charge in [0.15, 0.2) is 0 Å². The van der Waals surface area contributed by atoms with Crippen LogP contribution in [0.15, 0.2) is 24.5 Å². The highest BCUT2D eigenvalue weighted by molar-refractivity contribution is 5.97. The fourth-order valence-corrected chi connectivity index (χ4v) is 3.14. The van der Waals surface area contributed by atoms with E-state index in [1.807, 2.05) is 34.8 Å². The Morgan fingerprint density at radius 1 is 1.29 bits per heavy atom. The maximum absolute atomic E-state index is 12.9. The standard InChI is InChI=1S/C18H23N3O3/c1-4-20-12-13(11-19-20)8-17(22)21-7-5-6-14-9-15(23-2)10-16(24-3)18(14)21/h9-12H,4-8H2,1-3H3. The second kappa shape index (κ2) is 6.95. The number of anilines is 1. The average Bonchev–Trinajstić information content (AvgIpc) is 3.07. The van der Waals surface area contributed by atoms with Crippen LogP contribution in [-0.2, 0) is 24.2 Å². The van der Waals surface area contributed by atoms with Crippen molar-refractivity contribution >= 4 is 11.6 Å². The Morgan fingerprint density at radius 3 is 2.79 bits per heavy atom. The van der Waals surface area contributed by atoms with E-state index in [0.717, 1.165) is 42.0 Å². The summed E-state index contributed by atoms with van der Waals surface area (Å²) in [6.45, 7) is 3.53. The molecule has 0 saturated carbocycles. The van der Waals surface area contributed by atoms with Crippen LogP contribution in [0.1, 0.15) is 24.5 Å². The molecule has 24 heavy (non-hydrogen) atoms. The highest BCUT2D eigenvalue weighted by atomic mass is 16.5. The topological polar surface area (TPSA) is 56.6 Å². The van der Waals surface area contributed by atoms with Crippen molar-refractivity contribution in [3.05, 3.63) is 35.7 Å². The van der Waals surface area contributed by atoms with Crippen LogP contribution >= 0.6 is 0 Å². The number of amides is 1. The minimum atomic E-state index is 0.0649. The molecule has 1 aliphatic heterocycles. The summed E-state index contributed by atoms with van der Waals surface area (Å²) < 4.78 is 12.7. The molecule has 0 atom stereocenters. The van der Waals surface area contributed by atoms with Gasteiger partial charge in [-0.3, -0.25) is 9.48 Å². The van der Waals surface area contributed by atoms with E-state index >= 15 is 0 Å². The van der Waals surface area contributed by atoms with Gasteiger partial charge in [-0.2, -0.15) is 5.10 Å². The number of carbonyl (C=O) groups is 1. The molecule has 1 amide bonds. The second-order valence-corrected chi connectivity index (χ2v) is 5.87. The number of carbonyl (C=O) groups excluding carboxylic acids is 1.